The van der Waals surface area contributed by atoms with Crippen molar-refractivity contribution >= 4 is 15.9 Å². The molecule has 0 radical (unpaired) electrons. The van der Waals surface area contributed by atoms with Gasteiger partial charge in [0.1, 0.15) is 11.9 Å². The number of phenolic OH excluding ortho intramolecular Hbond substituents is 1. The Hall–Kier alpha value is -1.37. The molecule has 2 atom stereocenters. The summed E-state index contributed by atoms with van der Waals surface area (Å²) >= 11 is 3.21. The van der Waals surface area contributed by atoms with Gasteiger partial charge in [0.15, 0.2) is 5.76 Å². The molecule has 5 nitrogen and oxygen atoms in total. The Morgan fingerprint density at radius 2 is 2.05 bits per heavy atom. The molecule has 2 rings (SSSR count). The van der Waals surface area contributed by atoms with Crippen molar-refractivity contribution in [3.8, 4) is 17.1 Å². The van der Waals surface area contributed by atoms with E-state index < -0.39 is 12.2 Å². The summed E-state index contributed by atoms with van der Waals surface area (Å²) in [6, 6.07) is 6.21. The van der Waals surface area contributed by atoms with Crippen LogP contribution >= 0.6 is 15.9 Å². The summed E-state index contributed by atoms with van der Waals surface area (Å²) in [6.07, 6.45) is 0.0170. The Morgan fingerprint density at radius 3 is 2.68 bits per heavy atom. The minimum absolute atomic E-state index is 0.0303. The van der Waals surface area contributed by atoms with Crippen LogP contribution in [-0.2, 0) is 0 Å². The highest BCUT2D eigenvalue weighted by atomic mass is 79.9. The summed E-state index contributed by atoms with van der Waals surface area (Å²) < 4.78 is 4.98. The van der Waals surface area contributed by atoms with Crippen LogP contribution in [0, 0.1) is 0 Å². The highest BCUT2D eigenvalue weighted by molar-refractivity contribution is 9.09. The van der Waals surface area contributed by atoms with Crippen molar-refractivity contribution in [2.24, 2.45) is 0 Å². The van der Waals surface area contributed by atoms with E-state index in [9.17, 15) is 15.3 Å². The van der Waals surface area contributed by atoms with Crippen LogP contribution in [0.15, 0.2) is 35.0 Å². The molecule has 0 spiro atoms. The highest BCUT2D eigenvalue weighted by Crippen LogP contribution is 2.32. The number of halogens is 1. The fourth-order valence-corrected chi connectivity index (χ4v) is 2.25. The van der Waals surface area contributed by atoms with Gasteiger partial charge in [-0.3, -0.25) is 0 Å². The molecule has 1 heterocycles. The van der Waals surface area contributed by atoms with Crippen molar-refractivity contribution in [2.75, 3.05) is 5.33 Å². The topological polar surface area (TPSA) is 86.7 Å². The van der Waals surface area contributed by atoms with Gasteiger partial charge >= 0.3 is 0 Å². The van der Waals surface area contributed by atoms with Crippen LogP contribution in [0.5, 0.6) is 5.75 Å². The van der Waals surface area contributed by atoms with Gasteiger partial charge in [0.05, 0.1) is 17.9 Å². The fourth-order valence-electron chi connectivity index (χ4n) is 1.78. The van der Waals surface area contributed by atoms with Crippen molar-refractivity contribution in [2.45, 2.75) is 18.6 Å². The average Bonchev–Trinajstić information content (AvgIpc) is 2.92. The Balaban J connectivity index is 2.31. The number of phenols is 1. The maximum atomic E-state index is 10.0. The zero-order valence-electron chi connectivity index (χ0n) is 10.0. The second-order valence-corrected chi connectivity index (χ2v) is 4.94. The Kier molecular flexibility index (Phi) is 4.57. The molecule has 3 N–H and O–H groups in total. The standard InChI is InChI=1S/C13H14BrNO4/c14-5-3-11(17)13(18)8-1-2-10(16)9(7-8)12-4-6-15-19-12/h1-2,4,6-7,11,13,16-18H,3,5H2. The van der Waals surface area contributed by atoms with Gasteiger partial charge in [0.25, 0.3) is 0 Å². The normalized spacial score (nSPS) is 14.3. The van der Waals surface area contributed by atoms with Crippen LogP contribution in [0.2, 0.25) is 0 Å². The smallest absolute Gasteiger partial charge is 0.170 e. The van der Waals surface area contributed by atoms with Gasteiger partial charge in [-0.05, 0) is 24.1 Å². The zero-order valence-corrected chi connectivity index (χ0v) is 11.6. The first-order chi connectivity index (χ1) is 9.13. The minimum atomic E-state index is -1.01. The van der Waals surface area contributed by atoms with Crippen molar-refractivity contribution in [3.05, 3.63) is 36.0 Å². The summed E-state index contributed by atoms with van der Waals surface area (Å²) in [5, 5.41) is 33.8. The van der Waals surface area contributed by atoms with Gasteiger partial charge in [-0.25, -0.2) is 0 Å². The number of hydrogen-bond donors (Lipinski definition) is 3. The highest BCUT2D eigenvalue weighted by Gasteiger charge is 2.19. The molecule has 6 heteroatoms. The van der Waals surface area contributed by atoms with E-state index in [2.05, 4.69) is 21.1 Å². The molecule has 102 valence electrons. The third-order valence-electron chi connectivity index (χ3n) is 2.83. The van der Waals surface area contributed by atoms with E-state index in [4.69, 9.17) is 4.52 Å². The van der Waals surface area contributed by atoms with Crippen LogP contribution in [0.1, 0.15) is 18.1 Å². The van der Waals surface area contributed by atoms with E-state index in [1.807, 2.05) is 0 Å². The molecule has 0 saturated carbocycles. The third kappa shape index (κ3) is 3.15. The van der Waals surface area contributed by atoms with E-state index in [-0.39, 0.29) is 5.75 Å². The molecular formula is C13H14BrNO4. The predicted octanol–water partition coefficient (Wildman–Crippen LogP) is 2.23. The third-order valence-corrected chi connectivity index (χ3v) is 3.29. The van der Waals surface area contributed by atoms with E-state index >= 15 is 0 Å². The second-order valence-electron chi connectivity index (χ2n) is 4.14. The van der Waals surface area contributed by atoms with Gasteiger partial charge < -0.3 is 19.8 Å². The number of aromatic hydroxyl groups is 1. The molecule has 19 heavy (non-hydrogen) atoms. The second kappa shape index (κ2) is 6.18. The van der Waals surface area contributed by atoms with Gasteiger partial charge in [0, 0.05) is 11.4 Å². The first kappa shape index (κ1) is 14.0. The summed E-state index contributed by atoms with van der Waals surface area (Å²) in [5.41, 5.74) is 0.942. The molecule has 0 aliphatic rings. The number of alkyl halides is 1. The van der Waals surface area contributed by atoms with E-state index in [1.54, 1.807) is 18.2 Å². The van der Waals surface area contributed by atoms with Crippen molar-refractivity contribution < 1.29 is 19.8 Å². The number of rotatable bonds is 5. The molecule has 0 aliphatic carbocycles. The van der Waals surface area contributed by atoms with Gasteiger partial charge in [-0.1, -0.05) is 27.2 Å². The Labute approximate surface area is 118 Å². The number of nitrogens with zero attached hydrogens (tertiary/aromatic N) is 1. The minimum Gasteiger partial charge on any atom is -0.507 e. The average molecular weight is 328 g/mol. The van der Waals surface area contributed by atoms with E-state index in [0.717, 1.165) is 0 Å². The maximum Gasteiger partial charge on any atom is 0.170 e. The Morgan fingerprint density at radius 1 is 1.26 bits per heavy atom. The number of aliphatic hydroxyl groups excluding tert-OH is 2. The number of aliphatic hydroxyl groups is 2. The predicted molar refractivity (Wildman–Crippen MR) is 73.0 cm³/mol. The summed E-state index contributed by atoms with van der Waals surface area (Å²) in [7, 11) is 0. The fraction of sp³-hybridized carbons (Fsp3) is 0.308. The molecule has 0 fully saturated rings. The largest absolute Gasteiger partial charge is 0.507 e. The van der Waals surface area contributed by atoms with Gasteiger partial charge in [-0.2, -0.15) is 0 Å². The molecular weight excluding hydrogens is 314 g/mol. The molecule has 1 aromatic heterocycles. The van der Waals surface area contributed by atoms with E-state index in [0.29, 0.717) is 28.6 Å². The molecule has 0 aliphatic heterocycles. The van der Waals surface area contributed by atoms with Crippen LogP contribution in [-0.4, -0.2) is 31.9 Å². The molecule has 0 bridgehead atoms. The monoisotopic (exact) mass is 327 g/mol. The molecule has 0 amide bonds. The lowest BCUT2D eigenvalue weighted by molar-refractivity contribution is 0.0173. The summed E-state index contributed by atoms with van der Waals surface area (Å²) in [4.78, 5) is 0. The molecule has 1 aromatic carbocycles. The number of aromatic nitrogens is 1. The van der Waals surface area contributed by atoms with Crippen LogP contribution in [0.4, 0.5) is 0 Å². The van der Waals surface area contributed by atoms with E-state index in [1.165, 1.54) is 12.3 Å². The van der Waals surface area contributed by atoms with Gasteiger partial charge in [-0.15, -0.1) is 0 Å². The molecule has 0 saturated heterocycles. The lowest BCUT2D eigenvalue weighted by Crippen LogP contribution is -2.18. The zero-order chi connectivity index (χ0) is 13.8. The van der Waals surface area contributed by atoms with Crippen molar-refractivity contribution in [1.29, 1.82) is 0 Å². The van der Waals surface area contributed by atoms with Crippen molar-refractivity contribution in [3.63, 3.8) is 0 Å². The first-order valence-electron chi connectivity index (χ1n) is 5.79. The van der Waals surface area contributed by atoms with Gasteiger partial charge in [0.2, 0.25) is 0 Å². The van der Waals surface area contributed by atoms with Crippen LogP contribution in [0.3, 0.4) is 0 Å². The molecule has 2 unspecified atom stereocenters. The quantitative estimate of drug-likeness (QED) is 0.733. The van der Waals surface area contributed by atoms with Crippen LogP contribution in [0.25, 0.3) is 11.3 Å². The Bertz CT molecular complexity index is 529. The molecule has 2 aromatic rings. The lowest BCUT2D eigenvalue weighted by atomic mass is 9.99. The first-order valence-corrected chi connectivity index (χ1v) is 6.91. The van der Waals surface area contributed by atoms with Crippen LogP contribution < -0.4 is 0 Å². The number of benzene rings is 1. The SMILES string of the molecule is Oc1ccc(C(O)C(O)CCBr)cc1-c1ccno1. The maximum absolute atomic E-state index is 10.0. The lowest BCUT2D eigenvalue weighted by Gasteiger charge is -2.18. The van der Waals surface area contributed by atoms with Crippen molar-refractivity contribution in [1.82, 2.24) is 5.16 Å². The summed E-state index contributed by atoms with van der Waals surface area (Å²) in [5.74, 6) is 0.434. The summed E-state index contributed by atoms with van der Waals surface area (Å²) in [6.45, 7) is 0. The number of hydrogen-bond acceptors (Lipinski definition) is 5.